The molecule has 0 spiro atoms. The van der Waals surface area contributed by atoms with Gasteiger partial charge in [-0.05, 0) is 19.9 Å². The zero-order valence-electron chi connectivity index (χ0n) is 11.2. The molecule has 0 bridgehead atoms. The SMILES string of the molecule is CCN(CC)C(=O)c1cc([N+](=O)[O-])c(Cl)c(S(=O)(=O)Cl)c1. The minimum absolute atomic E-state index is 0.158. The van der Waals surface area contributed by atoms with Crippen molar-refractivity contribution >= 4 is 42.9 Å². The number of hydrogen-bond donors (Lipinski definition) is 0. The number of carbonyl (C=O) groups excluding carboxylic acids is 1. The molecule has 0 aliphatic heterocycles. The van der Waals surface area contributed by atoms with Gasteiger partial charge in [0.05, 0.1) is 4.92 Å². The predicted octanol–water partition coefficient (Wildman–Crippen LogP) is 2.66. The second-order valence-corrected chi connectivity index (χ2v) is 6.89. The summed E-state index contributed by atoms with van der Waals surface area (Å²) in [4.78, 5) is 23.0. The number of nitro groups is 1. The van der Waals surface area contributed by atoms with Crippen molar-refractivity contribution in [3.63, 3.8) is 0 Å². The van der Waals surface area contributed by atoms with E-state index in [9.17, 15) is 23.3 Å². The van der Waals surface area contributed by atoms with E-state index in [1.165, 1.54) is 4.90 Å². The quantitative estimate of drug-likeness (QED) is 0.459. The van der Waals surface area contributed by atoms with Crippen molar-refractivity contribution < 1.29 is 18.1 Å². The summed E-state index contributed by atoms with van der Waals surface area (Å²) >= 11 is 5.68. The first-order valence-electron chi connectivity index (χ1n) is 5.85. The highest BCUT2D eigenvalue weighted by Gasteiger charge is 2.27. The molecule has 7 nitrogen and oxygen atoms in total. The molecule has 0 saturated heterocycles. The number of halogens is 2. The molecule has 0 aromatic heterocycles. The molecule has 1 amide bonds. The molecule has 0 aliphatic carbocycles. The molecule has 1 aromatic rings. The summed E-state index contributed by atoms with van der Waals surface area (Å²) in [6.45, 7) is 4.19. The van der Waals surface area contributed by atoms with Crippen LogP contribution in [0.25, 0.3) is 0 Å². The van der Waals surface area contributed by atoms with Crippen molar-refractivity contribution in [2.45, 2.75) is 18.7 Å². The average Bonchev–Trinajstić information content (AvgIpc) is 2.38. The number of nitrogens with zero attached hydrogens (tertiary/aromatic N) is 2. The molecule has 0 fully saturated rings. The lowest BCUT2D eigenvalue weighted by molar-refractivity contribution is -0.384. The Hall–Kier alpha value is -1.38. The second kappa shape index (κ2) is 6.59. The molecule has 116 valence electrons. The lowest BCUT2D eigenvalue weighted by Gasteiger charge is -2.18. The van der Waals surface area contributed by atoms with Crippen LogP contribution in [0.15, 0.2) is 17.0 Å². The Balaban J connectivity index is 3.59. The van der Waals surface area contributed by atoms with Crippen LogP contribution in [0.1, 0.15) is 24.2 Å². The highest BCUT2D eigenvalue weighted by Crippen LogP contribution is 2.34. The molecule has 1 aromatic carbocycles. The van der Waals surface area contributed by atoms with E-state index in [2.05, 4.69) is 0 Å². The van der Waals surface area contributed by atoms with Crippen LogP contribution in [0.2, 0.25) is 5.02 Å². The zero-order chi connectivity index (χ0) is 16.4. The fourth-order valence-electron chi connectivity index (χ4n) is 1.71. The first kappa shape index (κ1) is 17.7. The van der Waals surface area contributed by atoms with Crippen molar-refractivity contribution in [1.29, 1.82) is 0 Å². The van der Waals surface area contributed by atoms with Crippen LogP contribution in [0.4, 0.5) is 5.69 Å². The average molecular weight is 355 g/mol. The summed E-state index contributed by atoms with van der Waals surface area (Å²) in [6.07, 6.45) is 0. The summed E-state index contributed by atoms with van der Waals surface area (Å²) in [7, 11) is 0.885. The van der Waals surface area contributed by atoms with E-state index < -0.39 is 35.5 Å². The largest absolute Gasteiger partial charge is 0.339 e. The Morgan fingerprint density at radius 2 is 1.86 bits per heavy atom. The molecule has 21 heavy (non-hydrogen) atoms. The Morgan fingerprint density at radius 1 is 1.33 bits per heavy atom. The van der Waals surface area contributed by atoms with E-state index in [1.807, 2.05) is 0 Å². The van der Waals surface area contributed by atoms with Crippen LogP contribution in [0.3, 0.4) is 0 Å². The van der Waals surface area contributed by atoms with Gasteiger partial charge < -0.3 is 4.90 Å². The topological polar surface area (TPSA) is 97.6 Å². The number of carbonyl (C=O) groups is 1. The van der Waals surface area contributed by atoms with Gasteiger partial charge in [-0.2, -0.15) is 0 Å². The third-order valence-corrected chi connectivity index (χ3v) is 4.63. The highest BCUT2D eigenvalue weighted by molar-refractivity contribution is 8.13. The highest BCUT2D eigenvalue weighted by atomic mass is 35.7. The molecule has 0 aliphatic rings. The van der Waals surface area contributed by atoms with E-state index >= 15 is 0 Å². The van der Waals surface area contributed by atoms with Crippen molar-refractivity contribution in [2.24, 2.45) is 0 Å². The first-order chi connectivity index (χ1) is 9.63. The van der Waals surface area contributed by atoms with Crippen LogP contribution < -0.4 is 0 Å². The fraction of sp³-hybridized carbons (Fsp3) is 0.364. The van der Waals surface area contributed by atoms with Gasteiger partial charge in [-0.25, -0.2) is 8.42 Å². The second-order valence-electron chi connectivity index (χ2n) is 3.98. The van der Waals surface area contributed by atoms with Gasteiger partial charge in [0.2, 0.25) is 0 Å². The molecular formula is C11H12Cl2N2O5S. The molecule has 10 heteroatoms. The van der Waals surface area contributed by atoms with Gasteiger partial charge in [-0.1, -0.05) is 11.6 Å². The van der Waals surface area contributed by atoms with Gasteiger partial charge in [-0.15, -0.1) is 0 Å². The number of hydrogen-bond acceptors (Lipinski definition) is 5. The van der Waals surface area contributed by atoms with Crippen LogP contribution >= 0.6 is 22.3 Å². The maximum absolute atomic E-state index is 12.2. The Morgan fingerprint density at radius 3 is 2.24 bits per heavy atom. The summed E-state index contributed by atoms with van der Waals surface area (Å²) < 4.78 is 22.9. The van der Waals surface area contributed by atoms with Gasteiger partial charge in [0, 0.05) is 35.4 Å². The van der Waals surface area contributed by atoms with Crippen molar-refractivity contribution in [3.05, 3.63) is 32.8 Å². The van der Waals surface area contributed by atoms with Gasteiger partial charge in [0.25, 0.3) is 20.6 Å². The van der Waals surface area contributed by atoms with E-state index in [-0.39, 0.29) is 5.56 Å². The molecule has 0 atom stereocenters. The smallest absolute Gasteiger partial charge is 0.290 e. The monoisotopic (exact) mass is 354 g/mol. The Kier molecular flexibility index (Phi) is 5.54. The predicted molar refractivity (Wildman–Crippen MR) is 78.4 cm³/mol. The van der Waals surface area contributed by atoms with Crippen LogP contribution in [-0.2, 0) is 9.05 Å². The minimum Gasteiger partial charge on any atom is -0.339 e. The molecule has 0 unspecified atom stereocenters. The van der Waals surface area contributed by atoms with E-state index in [0.29, 0.717) is 13.1 Å². The third-order valence-electron chi connectivity index (χ3n) is 2.78. The molecule has 0 heterocycles. The summed E-state index contributed by atoms with van der Waals surface area (Å²) in [5.41, 5.74) is -0.845. The zero-order valence-corrected chi connectivity index (χ0v) is 13.5. The molecule has 0 radical (unpaired) electrons. The van der Waals surface area contributed by atoms with Gasteiger partial charge in [0.15, 0.2) is 0 Å². The number of nitro benzene ring substituents is 1. The van der Waals surface area contributed by atoms with Crippen LogP contribution in [0, 0.1) is 10.1 Å². The molecule has 0 N–H and O–H groups in total. The fourth-order valence-corrected chi connectivity index (χ4v) is 3.26. The lowest BCUT2D eigenvalue weighted by Crippen LogP contribution is -2.30. The number of rotatable bonds is 5. The van der Waals surface area contributed by atoms with Crippen LogP contribution in [0.5, 0.6) is 0 Å². The van der Waals surface area contributed by atoms with E-state index in [0.717, 1.165) is 12.1 Å². The maximum Gasteiger partial charge on any atom is 0.290 e. The van der Waals surface area contributed by atoms with E-state index in [1.54, 1.807) is 13.8 Å². The summed E-state index contributed by atoms with van der Waals surface area (Å²) in [5, 5.41) is 10.3. The number of benzene rings is 1. The first-order valence-corrected chi connectivity index (χ1v) is 8.54. The minimum atomic E-state index is -4.32. The third kappa shape index (κ3) is 3.84. The van der Waals surface area contributed by atoms with Crippen molar-refractivity contribution in [1.82, 2.24) is 4.90 Å². The van der Waals surface area contributed by atoms with Crippen LogP contribution in [-0.4, -0.2) is 37.2 Å². The Labute approximate surface area is 131 Å². The van der Waals surface area contributed by atoms with Gasteiger partial charge >= 0.3 is 0 Å². The van der Waals surface area contributed by atoms with Crippen molar-refractivity contribution in [2.75, 3.05) is 13.1 Å². The lowest BCUT2D eigenvalue weighted by atomic mass is 10.1. The standard InChI is InChI=1S/C11H12Cl2N2O5S/c1-3-14(4-2)11(16)7-5-8(15(17)18)10(12)9(6-7)21(13,19)20/h5-6H,3-4H2,1-2H3. The number of amides is 1. The maximum atomic E-state index is 12.2. The van der Waals surface area contributed by atoms with E-state index in [4.69, 9.17) is 22.3 Å². The molecule has 1 rings (SSSR count). The van der Waals surface area contributed by atoms with Gasteiger partial charge in [0.1, 0.15) is 9.92 Å². The molecule has 0 saturated carbocycles. The summed E-state index contributed by atoms with van der Waals surface area (Å²) in [5.74, 6) is -0.540. The Bertz CT molecular complexity index is 686. The normalized spacial score (nSPS) is 11.2. The molecular weight excluding hydrogens is 343 g/mol. The van der Waals surface area contributed by atoms with Gasteiger partial charge in [-0.3, -0.25) is 14.9 Å². The van der Waals surface area contributed by atoms with Crippen molar-refractivity contribution in [3.8, 4) is 0 Å². The summed E-state index contributed by atoms with van der Waals surface area (Å²) in [6, 6.07) is 1.88.